The average molecular weight is 258 g/mol. The Balaban J connectivity index is 2.02. The molecule has 0 aliphatic rings. The van der Waals surface area contributed by atoms with Gasteiger partial charge in [-0.2, -0.15) is 0 Å². The van der Waals surface area contributed by atoms with Gasteiger partial charge in [-0.25, -0.2) is 0 Å². The summed E-state index contributed by atoms with van der Waals surface area (Å²) in [7, 11) is 0. The van der Waals surface area contributed by atoms with E-state index in [1.54, 1.807) is 0 Å². The van der Waals surface area contributed by atoms with Gasteiger partial charge < -0.3 is 0 Å². The Morgan fingerprint density at radius 2 is 0.950 bits per heavy atom. The SMILES string of the molecule is Cc1cccc(C)c1-c1ccc(-c2ccccc2)cc1. The van der Waals surface area contributed by atoms with Crippen LogP contribution in [0.2, 0.25) is 0 Å². The van der Waals surface area contributed by atoms with Crippen LogP contribution in [0.25, 0.3) is 22.3 Å². The third kappa shape index (κ3) is 2.37. The molecule has 0 aromatic heterocycles. The molecule has 0 heterocycles. The molecule has 98 valence electrons. The molecule has 20 heavy (non-hydrogen) atoms. The van der Waals surface area contributed by atoms with E-state index in [1.807, 2.05) is 0 Å². The third-order valence-corrected chi connectivity index (χ3v) is 3.76. The summed E-state index contributed by atoms with van der Waals surface area (Å²) in [6.45, 7) is 4.35. The third-order valence-electron chi connectivity index (χ3n) is 3.76. The molecule has 0 saturated carbocycles. The van der Waals surface area contributed by atoms with Crippen LogP contribution in [0.15, 0.2) is 72.8 Å². The highest BCUT2D eigenvalue weighted by molar-refractivity contribution is 5.74. The van der Waals surface area contributed by atoms with E-state index in [0.717, 1.165) is 0 Å². The lowest BCUT2D eigenvalue weighted by molar-refractivity contribution is 1.38. The Labute approximate surface area is 120 Å². The molecule has 0 N–H and O–H groups in total. The van der Waals surface area contributed by atoms with Crippen LogP contribution in [0, 0.1) is 13.8 Å². The molecule has 0 atom stereocenters. The quantitative estimate of drug-likeness (QED) is 0.558. The van der Waals surface area contributed by atoms with Gasteiger partial charge in [0, 0.05) is 0 Å². The fraction of sp³-hybridized carbons (Fsp3) is 0.100. The highest BCUT2D eigenvalue weighted by Gasteiger charge is 2.05. The summed E-state index contributed by atoms with van der Waals surface area (Å²) in [5.41, 5.74) is 7.84. The lowest BCUT2D eigenvalue weighted by atomic mass is 9.94. The fourth-order valence-electron chi connectivity index (χ4n) is 2.73. The number of aryl methyl sites for hydroxylation is 2. The van der Waals surface area contributed by atoms with Crippen molar-refractivity contribution in [3.05, 3.63) is 83.9 Å². The Bertz CT molecular complexity index is 687. The zero-order valence-corrected chi connectivity index (χ0v) is 11.9. The smallest absolute Gasteiger partial charge is 0.0125 e. The molecule has 0 spiro atoms. The maximum Gasteiger partial charge on any atom is -0.0125 e. The lowest BCUT2D eigenvalue weighted by Gasteiger charge is -2.10. The topological polar surface area (TPSA) is 0 Å². The highest BCUT2D eigenvalue weighted by Crippen LogP contribution is 2.29. The Morgan fingerprint density at radius 3 is 1.55 bits per heavy atom. The first-order valence-electron chi connectivity index (χ1n) is 6.98. The number of hydrogen-bond donors (Lipinski definition) is 0. The van der Waals surface area contributed by atoms with Gasteiger partial charge in [0.05, 0.1) is 0 Å². The van der Waals surface area contributed by atoms with Gasteiger partial charge in [0.15, 0.2) is 0 Å². The molecule has 0 radical (unpaired) electrons. The molecular weight excluding hydrogens is 240 g/mol. The summed E-state index contributed by atoms with van der Waals surface area (Å²) < 4.78 is 0. The molecule has 0 heteroatoms. The molecule has 0 aliphatic heterocycles. The van der Waals surface area contributed by atoms with Crippen molar-refractivity contribution in [2.45, 2.75) is 13.8 Å². The second-order valence-corrected chi connectivity index (χ2v) is 5.21. The summed E-state index contributed by atoms with van der Waals surface area (Å²) in [6.07, 6.45) is 0. The standard InChI is InChI=1S/C20H18/c1-15-7-6-8-16(2)20(15)19-13-11-18(12-14-19)17-9-4-3-5-10-17/h3-14H,1-2H3. The van der Waals surface area contributed by atoms with Crippen LogP contribution in [-0.2, 0) is 0 Å². The van der Waals surface area contributed by atoms with Crippen LogP contribution in [-0.4, -0.2) is 0 Å². The largest absolute Gasteiger partial charge is 0.0622 e. The molecule has 3 aromatic rings. The summed E-state index contributed by atoms with van der Waals surface area (Å²) in [5, 5.41) is 0. The lowest BCUT2D eigenvalue weighted by Crippen LogP contribution is -1.87. The average Bonchev–Trinajstić information content (AvgIpc) is 2.49. The molecule has 3 aromatic carbocycles. The van der Waals surface area contributed by atoms with Gasteiger partial charge in [-0.05, 0) is 47.2 Å². The van der Waals surface area contributed by atoms with Gasteiger partial charge in [-0.15, -0.1) is 0 Å². The van der Waals surface area contributed by atoms with Crippen molar-refractivity contribution < 1.29 is 0 Å². The summed E-state index contributed by atoms with van der Waals surface area (Å²) >= 11 is 0. The zero-order valence-electron chi connectivity index (χ0n) is 11.9. The van der Waals surface area contributed by atoms with Gasteiger partial charge in [-0.3, -0.25) is 0 Å². The predicted octanol–water partition coefficient (Wildman–Crippen LogP) is 5.64. The Morgan fingerprint density at radius 1 is 0.450 bits per heavy atom. The zero-order chi connectivity index (χ0) is 13.9. The van der Waals surface area contributed by atoms with Gasteiger partial charge in [0.2, 0.25) is 0 Å². The van der Waals surface area contributed by atoms with E-state index in [2.05, 4.69) is 86.6 Å². The van der Waals surface area contributed by atoms with E-state index in [1.165, 1.54) is 33.4 Å². The van der Waals surface area contributed by atoms with E-state index in [4.69, 9.17) is 0 Å². The maximum absolute atomic E-state index is 2.22. The monoisotopic (exact) mass is 258 g/mol. The van der Waals surface area contributed by atoms with Crippen LogP contribution in [0.3, 0.4) is 0 Å². The first kappa shape index (κ1) is 12.7. The van der Waals surface area contributed by atoms with Crippen LogP contribution in [0.5, 0.6) is 0 Å². The molecule has 0 amide bonds. The van der Waals surface area contributed by atoms with E-state index in [-0.39, 0.29) is 0 Å². The molecule has 0 bridgehead atoms. The first-order valence-corrected chi connectivity index (χ1v) is 6.98. The number of benzene rings is 3. The minimum atomic E-state index is 1.26. The summed E-state index contributed by atoms with van der Waals surface area (Å²) in [5.74, 6) is 0. The van der Waals surface area contributed by atoms with E-state index >= 15 is 0 Å². The van der Waals surface area contributed by atoms with Gasteiger partial charge >= 0.3 is 0 Å². The molecule has 3 rings (SSSR count). The molecule has 0 saturated heterocycles. The van der Waals surface area contributed by atoms with Crippen LogP contribution in [0.4, 0.5) is 0 Å². The van der Waals surface area contributed by atoms with Crippen LogP contribution >= 0.6 is 0 Å². The molecule has 0 aliphatic carbocycles. The van der Waals surface area contributed by atoms with Crippen LogP contribution < -0.4 is 0 Å². The minimum absolute atomic E-state index is 1.26. The highest BCUT2D eigenvalue weighted by atomic mass is 14.1. The van der Waals surface area contributed by atoms with Crippen molar-refractivity contribution in [2.75, 3.05) is 0 Å². The molecular formula is C20H18. The van der Waals surface area contributed by atoms with Crippen molar-refractivity contribution in [2.24, 2.45) is 0 Å². The maximum atomic E-state index is 2.22. The first-order chi connectivity index (χ1) is 9.75. The molecule has 0 fully saturated rings. The van der Waals surface area contributed by atoms with Crippen molar-refractivity contribution in [1.82, 2.24) is 0 Å². The normalized spacial score (nSPS) is 10.5. The fourth-order valence-corrected chi connectivity index (χ4v) is 2.73. The number of hydrogen-bond acceptors (Lipinski definition) is 0. The second kappa shape index (κ2) is 5.34. The van der Waals surface area contributed by atoms with Crippen LogP contribution in [0.1, 0.15) is 11.1 Å². The van der Waals surface area contributed by atoms with Crippen molar-refractivity contribution >= 4 is 0 Å². The van der Waals surface area contributed by atoms with Crippen molar-refractivity contribution in [3.8, 4) is 22.3 Å². The van der Waals surface area contributed by atoms with Gasteiger partial charge in [-0.1, -0.05) is 72.8 Å². The van der Waals surface area contributed by atoms with Gasteiger partial charge in [0.1, 0.15) is 0 Å². The summed E-state index contributed by atoms with van der Waals surface area (Å²) in [6, 6.07) is 25.8. The van der Waals surface area contributed by atoms with Crippen molar-refractivity contribution in [1.29, 1.82) is 0 Å². The second-order valence-electron chi connectivity index (χ2n) is 5.21. The Kier molecular flexibility index (Phi) is 3.39. The number of rotatable bonds is 2. The minimum Gasteiger partial charge on any atom is -0.0622 e. The van der Waals surface area contributed by atoms with E-state index in [9.17, 15) is 0 Å². The van der Waals surface area contributed by atoms with E-state index < -0.39 is 0 Å². The summed E-state index contributed by atoms with van der Waals surface area (Å²) in [4.78, 5) is 0. The molecule has 0 unspecified atom stereocenters. The predicted molar refractivity (Wildman–Crippen MR) is 86.8 cm³/mol. The molecule has 0 nitrogen and oxygen atoms in total. The van der Waals surface area contributed by atoms with E-state index in [0.29, 0.717) is 0 Å². The Hall–Kier alpha value is -2.34. The van der Waals surface area contributed by atoms with Gasteiger partial charge in [0.25, 0.3) is 0 Å². The van der Waals surface area contributed by atoms with Crippen molar-refractivity contribution in [3.63, 3.8) is 0 Å².